The summed E-state index contributed by atoms with van der Waals surface area (Å²) < 4.78 is 0. The minimum absolute atomic E-state index is 0.0272. The first-order valence-electron chi connectivity index (χ1n) is 3.72. The largest absolute Gasteiger partial charge is 0.326 e. The molecule has 2 heterocycles. The normalized spacial score (nSPS) is 10.5. The molecular formula is C7H3Cl2N3O2S. The van der Waals surface area contributed by atoms with Crippen LogP contribution >= 0.6 is 34.5 Å². The Balaban J connectivity index is 2.54. The van der Waals surface area contributed by atoms with Crippen LogP contribution in [-0.4, -0.2) is 15.1 Å². The summed E-state index contributed by atoms with van der Waals surface area (Å²) in [5.41, 5.74) is 0.500. The molecule has 0 saturated carbocycles. The number of nitrogens with zero attached hydrogens (tertiary/aromatic N) is 2. The molecule has 78 valence electrons. The highest BCUT2D eigenvalue weighted by molar-refractivity contribution is 7.19. The topological polar surface area (TPSA) is 71.8 Å². The first-order chi connectivity index (χ1) is 7.09. The first kappa shape index (κ1) is 10.4. The van der Waals surface area contributed by atoms with E-state index < -0.39 is 4.92 Å². The summed E-state index contributed by atoms with van der Waals surface area (Å²) in [5, 5.41) is 17.5. The predicted molar refractivity (Wildman–Crippen MR) is 58.6 cm³/mol. The molecule has 2 rings (SSSR count). The Bertz CT molecular complexity index is 522. The van der Waals surface area contributed by atoms with Crippen molar-refractivity contribution in [3.8, 4) is 10.6 Å². The lowest BCUT2D eigenvalue weighted by Crippen LogP contribution is -1.80. The third-order valence-electron chi connectivity index (χ3n) is 1.67. The molecule has 0 spiro atoms. The lowest BCUT2D eigenvalue weighted by molar-refractivity contribution is -0.380. The van der Waals surface area contributed by atoms with Gasteiger partial charge in [0.1, 0.15) is 0 Å². The number of nitrogens with one attached hydrogen (secondary N) is 1. The van der Waals surface area contributed by atoms with Gasteiger partial charge in [-0.25, -0.2) is 0 Å². The summed E-state index contributed by atoms with van der Waals surface area (Å²) in [7, 11) is 0. The fourth-order valence-corrected chi connectivity index (χ4v) is 2.54. The standard InChI is InChI=1S/C7H3Cl2N3O2S/c8-3-1-5(12(13)14)15-7(3)6-4(9)2-10-11-6/h1-2H,(H,10,11). The van der Waals surface area contributed by atoms with E-state index in [0.29, 0.717) is 15.6 Å². The maximum Gasteiger partial charge on any atom is 0.326 e. The number of aromatic amines is 1. The van der Waals surface area contributed by atoms with Gasteiger partial charge in [-0.3, -0.25) is 15.2 Å². The Morgan fingerprint density at radius 1 is 1.47 bits per heavy atom. The zero-order valence-corrected chi connectivity index (χ0v) is 9.36. The molecule has 15 heavy (non-hydrogen) atoms. The zero-order valence-electron chi connectivity index (χ0n) is 7.03. The van der Waals surface area contributed by atoms with Gasteiger partial charge in [0.15, 0.2) is 0 Å². The van der Waals surface area contributed by atoms with Crippen LogP contribution in [0.25, 0.3) is 10.6 Å². The van der Waals surface area contributed by atoms with Crippen LogP contribution < -0.4 is 0 Å². The lowest BCUT2D eigenvalue weighted by atomic mass is 10.3. The second-order valence-corrected chi connectivity index (χ2v) is 4.46. The zero-order chi connectivity index (χ0) is 11.0. The van der Waals surface area contributed by atoms with Crippen LogP contribution in [0.15, 0.2) is 12.3 Å². The molecule has 0 aromatic carbocycles. The molecule has 0 aliphatic rings. The quantitative estimate of drug-likeness (QED) is 0.667. The van der Waals surface area contributed by atoms with Crippen molar-refractivity contribution in [2.24, 2.45) is 0 Å². The van der Waals surface area contributed by atoms with Crippen molar-refractivity contribution in [3.05, 3.63) is 32.4 Å². The van der Waals surface area contributed by atoms with Gasteiger partial charge in [0, 0.05) is 6.07 Å². The Morgan fingerprint density at radius 3 is 2.67 bits per heavy atom. The molecule has 0 radical (unpaired) electrons. The van der Waals surface area contributed by atoms with Gasteiger partial charge in [-0.2, -0.15) is 5.10 Å². The van der Waals surface area contributed by atoms with Gasteiger partial charge in [-0.15, -0.1) is 0 Å². The molecule has 0 aliphatic heterocycles. The van der Waals surface area contributed by atoms with Crippen LogP contribution in [0.1, 0.15) is 0 Å². The van der Waals surface area contributed by atoms with Gasteiger partial charge in [0.05, 0.1) is 31.7 Å². The highest BCUT2D eigenvalue weighted by Gasteiger charge is 2.19. The maximum absolute atomic E-state index is 10.5. The predicted octanol–water partition coefficient (Wildman–Crippen LogP) is 3.35. The van der Waals surface area contributed by atoms with Gasteiger partial charge in [0.2, 0.25) is 0 Å². The van der Waals surface area contributed by atoms with Crippen LogP contribution in [0.3, 0.4) is 0 Å². The highest BCUT2D eigenvalue weighted by Crippen LogP contribution is 2.41. The smallest absolute Gasteiger partial charge is 0.275 e. The number of hydrogen-bond donors (Lipinski definition) is 1. The van der Waals surface area contributed by atoms with Crippen LogP contribution in [0.2, 0.25) is 10.0 Å². The second kappa shape index (κ2) is 3.80. The number of H-pyrrole nitrogens is 1. The van der Waals surface area contributed by atoms with E-state index in [9.17, 15) is 10.1 Å². The molecule has 0 atom stereocenters. The third kappa shape index (κ3) is 1.83. The molecule has 1 N–H and O–H groups in total. The van der Waals surface area contributed by atoms with Crippen molar-refractivity contribution >= 4 is 39.5 Å². The molecule has 0 bridgehead atoms. The lowest BCUT2D eigenvalue weighted by Gasteiger charge is -1.92. The van der Waals surface area contributed by atoms with Crippen molar-refractivity contribution in [1.29, 1.82) is 0 Å². The highest BCUT2D eigenvalue weighted by atomic mass is 35.5. The van der Waals surface area contributed by atoms with Crippen LogP contribution in [0, 0.1) is 10.1 Å². The number of aromatic nitrogens is 2. The van der Waals surface area contributed by atoms with Gasteiger partial charge in [0.25, 0.3) is 0 Å². The summed E-state index contributed by atoms with van der Waals surface area (Å²) in [6.45, 7) is 0. The SMILES string of the molecule is O=[N+]([O-])c1cc(Cl)c(-c2[nH]ncc2Cl)s1. The number of thiophene rings is 1. The summed E-state index contributed by atoms with van der Waals surface area (Å²) in [5.74, 6) is 0. The fraction of sp³-hybridized carbons (Fsp3) is 0. The minimum atomic E-state index is -0.496. The van der Waals surface area contributed by atoms with E-state index in [0.717, 1.165) is 11.3 Å². The number of nitro groups is 1. The Kier molecular flexibility index (Phi) is 2.64. The van der Waals surface area contributed by atoms with E-state index >= 15 is 0 Å². The van der Waals surface area contributed by atoms with Crippen molar-refractivity contribution < 1.29 is 4.92 Å². The summed E-state index contributed by atoms with van der Waals surface area (Å²) in [6, 6.07) is 1.29. The molecule has 2 aromatic rings. The summed E-state index contributed by atoms with van der Waals surface area (Å²) in [4.78, 5) is 10.5. The molecule has 0 amide bonds. The molecule has 5 nitrogen and oxygen atoms in total. The number of halogens is 2. The number of rotatable bonds is 2. The molecule has 0 saturated heterocycles. The summed E-state index contributed by atoms with van der Waals surface area (Å²) in [6.07, 6.45) is 1.42. The fourth-order valence-electron chi connectivity index (χ4n) is 1.05. The van der Waals surface area contributed by atoms with Crippen molar-refractivity contribution in [1.82, 2.24) is 10.2 Å². The average Bonchev–Trinajstić information content (AvgIpc) is 2.71. The average molecular weight is 264 g/mol. The monoisotopic (exact) mass is 263 g/mol. The molecule has 0 unspecified atom stereocenters. The van der Waals surface area contributed by atoms with Crippen molar-refractivity contribution in [3.63, 3.8) is 0 Å². The van der Waals surface area contributed by atoms with Gasteiger partial charge in [-0.05, 0) is 0 Å². The van der Waals surface area contributed by atoms with Crippen LogP contribution in [0.5, 0.6) is 0 Å². The summed E-state index contributed by atoms with van der Waals surface area (Å²) >= 11 is 12.6. The van der Waals surface area contributed by atoms with Crippen molar-refractivity contribution in [2.75, 3.05) is 0 Å². The van der Waals surface area contributed by atoms with E-state index in [-0.39, 0.29) is 10.0 Å². The van der Waals surface area contributed by atoms with E-state index in [1.54, 1.807) is 0 Å². The van der Waals surface area contributed by atoms with Gasteiger partial charge in [-0.1, -0.05) is 34.5 Å². The Hall–Kier alpha value is -1.11. The molecule has 8 heteroatoms. The molecule has 0 aliphatic carbocycles. The molecular weight excluding hydrogens is 261 g/mol. The van der Waals surface area contributed by atoms with E-state index in [1.165, 1.54) is 12.3 Å². The Labute approximate surface area is 97.8 Å². The van der Waals surface area contributed by atoms with Crippen LogP contribution in [-0.2, 0) is 0 Å². The molecule has 0 fully saturated rings. The maximum atomic E-state index is 10.5. The van der Waals surface area contributed by atoms with E-state index in [1.807, 2.05) is 0 Å². The first-order valence-corrected chi connectivity index (χ1v) is 5.30. The van der Waals surface area contributed by atoms with Gasteiger partial charge >= 0.3 is 5.00 Å². The second-order valence-electron chi connectivity index (χ2n) is 2.61. The van der Waals surface area contributed by atoms with Crippen molar-refractivity contribution in [2.45, 2.75) is 0 Å². The number of hydrogen-bond acceptors (Lipinski definition) is 4. The minimum Gasteiger partial charge on any atom is -0.275 e. The van der Waals surface area contributed by atoms with E-state index in [2.05, 4.69) is 10.2 Å². The Morgan fingerprint density at radius 2 is 2.20 bits per heavy atom. The van der Waals surface area contributed by atoms with E-state index in [4.69, 9.17) is 23.2 Å². The molecule has 2 aromatic heterocycles. The van der Waals surface area contributed by atoms with Gasteiger partial charge < -0.3 is 0 Å². The van der Waals surface area contributed by atoms with Crippen LogP contribution in [0.4, 0.5) is 5.00 Å². The third-order valence-corrected chi connectivity index (χ3v) is 3.47.